The zero-order valence-corrected chi connectivity index (χ0v) is 72.5. The van der Waals surface area contributed by atoms with E-state index in [1.807, 2.05) is 50.9 Å². The molecular weight excluding hydrogens is 1770 g/mol. The Hall–Kier alpha value is -10.4. The number of aromatic nitrogens is 4. The van der Waals surface area contributed by atoms with Crippen LogP contribution in [0.5, 0.6) is 34.8 Å². The molecule has 666 valence electrons. The highest BCUT2D eigenvalue weighted by atomic mass is 35.5. The number of aromatic amines is 2. The van der Waals surface area contributed by atoms with E-state index >= 15 is 26.0 Å². The Morgan fingerprint density at radius 1 is 0.571 bits per heavy atom. The molecule has 38 heteroatoms. The molecule has 6 aromatic carbocycles. The van der Waals surface area contributed by atoms with Crippen molar-refractivity contribution in [2.45, 2.75) is 70.6 Å². The summed E-state index contributed by atoms with van der Waals surface area (Å²) in [5.41, 5.74) is 9.92. The van der Waals surface area contributed by atoms with Gasteiger partial charge in [-0.25, -0.2) is 62.7 Å². The zero-order chi connectivity index (χ0) is 88.8. The van der Waals surface area contributed by atoms with Gasteiger partial charge >= 0.3 is 6.09 Å². The van der Waals surface area contributed by atoms with Gasteiger partial charge in [0, 0.05) is 212 Å². The van der Waals surface area contributed by atoms with E-state index in [1.165, 1.54) is 47.4 Å². The monoisotopic (exact) mass is 1850 g/mol. The molecule has 6 aliphatic heterocycles. The van der Waals surface area contributed by atoms with Crippen molar-refractivity contribution in [3.63, 3.8) is 0 Å². The molecule has 126 heavy (non-hydrogen) atoms. The Morgan fingerprint density at radius 3 is 1.58 bits per heavy atom. The minimum Gasteiger partial charge on any atom is -0.473 e. The number of carbonyl (C=O) groups is 3. The number of H-pyrrole nitrogens is 2. The van der Waals surface area contributed by atoms with Gasteiger partial charge in [0.15, 0.2) is 28.9 Å². The molecule has 26 nitrogen and oxygen atoms in total. The van der Waals surface area contributed by atoms with E-state index in [9.17, 15) is 36.7 Å². The molecule has 0 aliphatic carbocycles. The molecule has 0 spiro atoms. The van der Waals surface area contributed by atoms with Crippen LogP contribution in [0.3, 0.4) is 0 Å². The molecule has 6 N–H and O–H groups in total. The third kappa shape index (κ3) is 20.9. The van der Waals surface area contributed by atoms with Gasteiger partial charge in [0.25, 0.3) is 21.8 Å². The number of rotatable bonds is 27. The maximum Gasteiger partial charge on any atom is 0.407 e. The summed E-state index contributed by atoms with van der Waals surface area (Å²) in [5.74, 6) is -5.19. The number of primary amides is 1. The van der Waals surface area contributed by atoms with Crippen molar-refractivity contribution >= 4 is 128 Å². The quantitative estimate of drug-likeness (QED) is 0.0299. The number of ether oxygens (including phenoxy) is 6. The van der Waals surface area contributed by atoms with E-state index in [-0.39, 0.29) is 134 Å². The SMILES string of the molecule is NC(=O)c1ccc(N2CCN(CC3=C(c4ccc(Cl)cc4)CCN(C(CF)CF)C3)CC2)c(S(=O)(=O)c2cnc(OCC3(F)CCOCC3)c(Cl)c2)c1Oc1cc2cc[nH]c2cc1F.O=C(NS(=O)(=O)c1cnc(OCC2(F)CCOCC2)c(Cl)c1)c1ccc(N2CCN(CC3=C(c4ccc(Cl)cc4)CCN(C(=O)O)C3)CC2)cc1Oc1cc2cc[nH]c2cc1F. The molecule has 0 saturated carbocycles. The Balaban J connectivity index is 0.000000195. The summed E-state index contributed by atoms with van der Waals surface area (Å²) in [6, 6.07) is 32.4. The van der Waals surface area contributed by atoms with Gasteiger partial charge in [-0.1, -0.05) is 70.7 Å². The minimum atomic E-state index is -4.75. The predicted molar refractivity (Wildman–Crippen MR) is 466 cm³/mol. The Bertz CT molecular complexity index is 6010. The molecule has 16 rings (SSSR count). The van der Waals surface area contributed by atoms with Gasteiger partial charge < -0.3 is 63.9 Å². The van der Waals surface area contributed by atoms with E-state index in [4.69, 9.17) is 80.6 Å². The van der Waals surface area contributed by atoms with Crippen LogP contribution >= 0.6 is 46.4 Å². The number of piperazine rings is 2. The van der Waals surface area contributed by atoms with Gasteiger partial charge in [-0.3, -0.25) is 24.3 Å². The summed E-state index contributed by atoms with van der Waals surface area (Å²) < 4.78 is 182. The molecule has 0 atom stereocenters. The Labute approximate surface area is 742 Å². The standard InChI is InChI=1S/C45H46Cl2F4N6O6S.C43H42Cl2F2N6O8S/c46-31-3-1-28(2-4-31)34-8-12-57(32(22-48)23-49)26-30(34)25-55-13-15-56(16-14-55)39-6-5-35(43(52)58)41(63-40-19-29-7-11-53-38(29)21-37(40)50)42(39)64(59,60)33-20-36(47)44(54-24-33)62-27-45(51)9-17-61-18-10-45;44-30-3-1-27(2-4-30)33-8-12-53(42(55)56)25-29(33)24-51-13-15-52(16-14-51)31-5-6-34(38(20-31)61-39-19-28-7-11-48-37(28)22-36(39)46)40(54)50-62(57,58)32-21-35(45)41(49-23-32)60-26-43(47)9-17-59-18-10-43/h1-7,11,19-21,24,32,53H,8-10,12-18,22-23,25-27H2,(H2,52,58);1-7,11,19-23,48H,8-10,12-18,24-26H2,(H,50,54)(H,55,56). The Kier molecular flexibility index (Phi) is 28.0. The highest BCUT2D eigenvalue weighted by molar-refractivity contribution is 7.91. The highest BCUT2D eigenvalue weighted by Gasteiger charge is 2.40. The number of sulfone groups is 1. The van der Waals surface area contributed by atoms with Gasteiger partial charge in [-0.05, 0) is 131 Å². The van der Waals surface area contributed by atoms with E-state index in [2.05, 4.69) is 34.6 Å². The number of carboxylic acid groups (broad SMARTS) is 1. The smallest absolute Gasteiger partial charge is 0.407 e. The number of benzene rings is 6. The van der Waals surface area contributed by atoms with Crippen molar-refractivity contribution in [2.24, 2.45) is 5.73 Å². The van der Waals surface area contributed by atoms with Crippen LogP contribution in [0.15, 0.2) is 178 Å². The van der Waals surface area contributed by atoms with Crippen LogP contribution in [-0.4, -0.2) is 241 Å². The first-order chi connectivity index (χ1) is 60.5. The summed E-state index contributed by atoms with van der Waals surface area (Å²) in [7, 11) is -9.33. The number of hydrogen-bond donors (Lipinski definition) is 5. The number of alkyl halides is 4. The number of amides is 3. The first kappa shape index (κ1) is 90.4. The second-order valence-electron chi connectivity index (χ2n) is 31.5. The first-order valence-electron chi connectivity index (χ1n) is 40.6. The van der Waals surface area contributed by atoms with Gasteiger partial charge in [0.05, 0.1) is 40.1 Å². The number of fused-ring (bicyclic) bond motifs is 2. The fourth-order valence-corrected chi connectivity index (χ4v) is 19.5. The third-order valence-corrected chi connectivity index (χ3v) is 27.4. The van der Waals surface area contributed by atoms with Crippen molar-refractivity contribution in [1.82, 2.24) is 44.3 Å². The minimum absolute atomic E-state index is 0.103. The number of pyridine rings is 2. The average molecular weight is 1860 g/mol. The van der Waals surface area contributed by atoms with Crippen LogP contribution in [0.2, 0.25) is 20.1 Å². The summed E-state index contributed by atoms with van der Waals surface area (Å²) >= 11 is 25.2. The molecule has 4 saturated heterocycles. The first-order valence-corrected chi connectivity index (χ1v) is 45.1. The molecular formula is C88H88Cl4F6N12O14S2. The van der Waals surface area contributed by atoms with Gasteiger partial charge in [-0.15, -0.1) is 0 Å². The maximum absolute atomic E-state index is 15.7. The normalized spacial score (nSPS) is 17.5. The van der Waals surface area contributed by atoms with Crippen molar-refractivity contribution in [3.05, 3.63) is 217 Å². The lowest BCUT2D eigenvalue weighted by Crippen LogP contribution is -2.49. The zero-order valence-electron chi connectivity index (χ0n) is 67.8. The van der Waals surface area contributed by atoms with Crippen molar-refractivity contribution in [1.29, 1.82) is 0 Å². The fourth-order valence-electron chi connectivity index (χ4n) is 16.2. The molecule has 0 bridgehead atoms. The average Bonchev–Trinajstić information content (AvgIpc) is 0.991. The van der Waals surface area contributed by atoms with Crippen molar-refractivity contribution in [3.8, 4) is 34.8 Å². The van der Waals surface area contributed by atoms with Crippen LogP contribution in [-0.2, 0) is 29.3 Å². The molecule has 10 heterocycles. The van der Waals surface area contributed by atoms with E-state index in [1.54, 1.807) is 48.8 Å². The highest BCUT2D eigenvalue weighted by Crippen LogP contribution is 2.46. The third-order valence-electron chi connectivity index (χ3n) is 23.3. The number of nitrogens with one attached hydrogen (secondary N) is 3. The lowest BCUT2D eigenvalue weighted by atomic mass is 9.92. The van der Waals surface area contributed by atoms with Gasteiger partial charge in [0.2, 0.25) is 21.6 Å². The lowest BCUT2D eigenvalue weighted by molar-refractivity contribution is -0.0333. The van der Waals surface area contributed by atoms with Crippen LogP contribution in [0.4, 0.5) is 42.5 Å². The van der Waals surface area contributed by atoms with Crippen molar-refractivity contribution < 1.29 is 91.1 Å². The molecule has 10 aromatic rings. The van der Waals surface area contributed by atoms with Crippen LogP contribution < -0.4 is 39.2 Å². The number of carbonyl (C=O) groups excluding carboxylic acids is 2. The fraction of sp³-hybridized carbons (Fsp3) is 0.352. The maximum atomic E-state index is 15.7. The van der Waals surface area contributed by atoms with Crippen LogP contribution in [0, 0.1) is 11.6 Å². The summed E-state index contributed by atoms with van der Waals surface area (Å²) in [6.07, 6.45) is 5.86. The number of hydrogen-bond acceptors (Lipinski definition) is 20. The molecule has 3 amide bonds. The number of sulfonamides is 1. The van der Waals surface area contributed by atoms with Gasteiger partial charge in [-0.2, -0.15) is 0 Å². The largest absolute Gasteiger partial charge is 0.473 e. The topological polar surface area (TPSA) is 310 Å². The van der Waals surface area contributed by atoms with Crippen molar-refractivity contribution in [2.75, 3.05) is 154 Å². The summed E-state index contributed by atoms with van der Waals surface area (Å²) in [6.45, 7) is 4.90. The molecule has 6 aliphatic rings. The molecule has 0 radical (unpaired) electrons. The number of nitrogens with zero attached hydrogens (tertiary/aromatic N) is 8. The van der Waals surface area contributed by atoms with E-state index in [0.717, 1.165) is 57.9 Å². The Morgan fingerprint density at radius 2 is 1.06 bits per heavy atom. The van der Waals surface area contributed by atoms with E-state index < -0.39 is 101 Å². The molecule has 0 unspecified atom stereocenters. The lowest BCUT2D eigenvalue weighted by Gasteiger charge is -2.40. The number of nitrogens with two attached hydrogens (primary N) is 1. The number of anilines is 2. The van der Waals surface area contributed by atoms with E-state index in [0.29, 0.717) is 129 Å². The van der Waals surface area contributed by atoms with Crippen LogP contribution in [0.25, 0.3) is 33.0 Å². The van der Waals surface area contributed by atoms with Gasteiger partial charge in [0.1, 0.15) is 63.5 Å². The predicted octanol–water partition coefficient (Wildman–Crippen LogP) is 16.0. The summed E-state index contributed by atoms with van der Waals surface area (Å²) in [5, 5.41) is 11.7. The van der Waals surface area contributed by atoms with Crippen LogP contribution in [0.1, 0.15) is 70.4 Å². The molecule has 4 fully saturated rings. The number of halogens is 10. The molecule has 4 aromatic heterocycles. The second-order valence-corrected chi connectivity index (χ2v) is 36.8. The summed E-state index contributed by atoms with van der Waals surface area (Å²) in [4.78, 5) is 63.0. The second kappa shape index (κ2) is 39.1.